The average Bonchev–Trinajstić information content (AvgIpc) is 2.65. The van der Waals surface area contributed by atoms with Crippen molar-refractivity contribution in [1.82, 2.24) is 4.90 Å². The minimum Gasteiger partial charge on any atom is -0.489 e. The van der Waals surface area contributed by atoms with E-state index in [-0.39, 0.29) is 5.82 Å². The molecule has 4 heteroatoms. The van der Waals surface area contributed by atoms with Crippen LogP contribution in [0.3, 0.4) is 0 Å². The third-order valence-corrected chi connectivity index (χ3v) is 5.73. The molecule has 3 rings (SSSR count). The predicted octanol–water partition coefficient (Wildman–Crippen LogP) is 5.01. The second-order valence-corrected chi connectivity index (χ2v) is 8.44. The molecule has 0 saturated heterocycles. The monoisotopic (exact) mass is 385 g/mol. The molecule has 2 aromatic carbocycles. The maximum Gasteiger partial charge on any atom is 0.123 e. The molecular formula is C24H32FNO2. The van der Waals surface area contributed by atoms with E-state index in [4.69, 9.17) is 4.74 Å². The standard InChI is InChI=1S/C24H32FNO2/c1-18-22(16-26(2)3)20(15-24(27)13-5-4-6-14-24)9-12-23(18)28-17-19-7-10-21(25)11-8-19/h7-12,27H,4-6,13-17H2,1-3H3. The summed E-state index contributed by atoms with van der Waals surface area (Å²) in [5, 5.41) is 11.0. The lowest BCUT2D eigenvalue weighted by atomic mass is 9.79. The van der Waals surface area contributed by atoms with E-state index in [1.54, 1.807) is 12.1 Å². The first-order valence-corrected chi connectivity index (χ1v) is 10.2. The molecule has 28 heavy (non-hydrogen) atoms. The van der Waals surface area contributed by atoms with Crippen LogP contribution in [0, 0.1) is 12.7 Å². The third-order valence-electron chi connectivity index (χ3n) is 5.73. The van der Waals surface area contributed by atoms with Crippen molar-refractivity contribution < 1.29 is 14.2 Å². The summed E-state index contributed by atoms with van der Waals surface area (Å²) in [6.07, 6.45) is 5.92. The number of ether oxygens (including phenoxy) is 1. The Labute approximate surface area is 168 Å². The van der Waals surface area contributed by atoms with Gasteiger partial charge in [0.15, 0.2) is 0 Å². The summed E-state index contributed by atoms with van der Waals surface area (Å²) < 4.78 is 19.1. The van der Waals surface area contributed by atoms with Gasteiger partial charge >= 0.3 is 0 Å². The van der Waals surface area contributed by atoms with Gasteiger partial charge in [0.25, 0.3) is 0 Å². The molecule has 0 heterocycles. The lowest BCUT2D eigenvalue weighted by Gasteiger charge is -2.33. The molecule has 2 aromatic rings. The molecule has 0 radical (unpaired) electrons. The van der Waals surface area contributed by atoms with Crippen LogP contribution >= 0.6 is 0 Å². The van der Waals surface area contributed by atoms with Gasteiger partial charge in [0.05, 0.1) is 5.60 Å². The summed E-state index contributed by atoms with van der Waals surface area (Å²) in [6, 6.07) is 10.5. The van der Waals surface area contributed by atoms with Crippen molar-refractivity contribution in [3.8, 4) is 5.75 Å². The van der Waals surface area contributed by atoms with Crippen molar-refractivity contribution in [3.63, 3.8) is 0 Å². The number of rotatable bonds is 7. The Hall–Kier alpha value is -1.91. The van der Waals surface area contributed by atoms with Gasteiger partial charge in [-0.15, -0.1) is 0 Å². The highest BCUT2D eigenvalue weighted by molar-refractivity contribution is 5.45. The highest BCUT2D eigenvalue weighted by atomic mass is 19.1. The van der Waals surface area contributed by atoms with Crippen molar-refractivity contribution in [3.05, 3.63) is 64.5 Å². The van der Waals surface area contributed by atoms with E-state index < -0.39 is 5.60 Å². The van der Waals surface area contributed by atoms with Gasteiger partial charge in [0.2, 0.25) is 0 Å². The number of benzene rings is 2. The maximum absolute atomic E-state index is 13.1. The lowest BCUT2D eigenvalue weighted by Crippen LogP contribution is -2.34. The molecule has 0 spiro atoms. The van der Waals surface area contributed by atoms with Crippen LogP contribution in [0.2, 0.25) is 0 Å². The van der Waals surface area contributed by atoms with Crippen LogP contribution in [-0.4, -0.2) is 29.7 Å². The summed E-state index contributed by atoms with van der Waals surface area (Å²) >= 11 is 0. The van der Waals surface area contributed by atoms with Crippen LogP contribution in [0.4, 0.5) is 4.39 Å². The fourth-order valence-corrected chi connectivity index (χ4v) is 4.13. The van der Waals surface area contributed by atoms with Crippen LogP contribution in [0.25, 0.3) is 0 Å². The minimum absolute atomic E-state index is 0.238. The first-order valence-electron chi connectivity index (χ1n) is 10.2. The molecule has 0 aliphatic heterocycles. The summed E-state index contributed by atoms with van der Waals surface area (Å²) in [6.45, 7) is 3.31. The summed E-state index contributed by atoms with van der Waals surface area (Å²) in [5.41, 5.74) is 3.93. The smallest absolute Gasteiger partial charge is 0.123 e. The van der Waals surface area contributed by atoms with E-state index in [0.29, 0.717) is 13.0 Å². The molecule has 3 nitrogen and oxygen atoms in total. The Bertz CT molecular complexity index is 780. The number of hydrogen-bond donors (Lipinski definition) is 1. The second kappa shape index (κ2) is 9.06. The second-order valence-electron chi connectivity index (χ2n) is 8.44. The van der Waals surface area contributed by atoms with Crippen molar-refractivity contribution in [2.75, 3.05) is 14.1 Å². The average molecular weight is 386 g/mol. The molecule has 1 saturated carbocycles. The molecule has 0 atom stereocenters. The van der Waals surface area contributed by atoms with Crippen molar-refractivity contribution in [2.45, 2.75) is 64.2 Å². The van der Waals surface area contributed by atoms with Crippen molar-refractivity contribution in [2.24, 2.45) is 0 Å². The SMILES string of the molecule is Cc1c(OCc2ccc(F)cc2)ccc(CC2(O)CCCCC2)c1CN(C)C. The topological polar surface area (TPSA) is 32.7 Å². The number of aliphatic hydroxyl groups is 1. The Kier molecular flexibility index (Phi) is 6.73. The highest BCUT2D eigenvalue weighted by Gasteiger charge is 2.30. The highest BCUT2D eigenvalue weighted by Crippen LogP contribution is 2.34. The molecule has 1 aliphatic rings. The number of nitrogens with zero attached hydrogens (tertiary/aromatic N) is 1. The van der Waals surface area contributed by atoms with Crippen LogP contribution in [-0.2, 0) is 19.6 Å². The zero-order chi connectivity index (χ0) is 20.1. The van der Waals surface area contributed by atoms with Gasteiger partial charge in [-0.2, -0.15) is 0 Å². The van der Waals surface area contributed by atoms with Crippen LogP contribution in [0.5, 0.6) is 5.75 Å². The van der Waals surface area contributed by atoms with Gasteiger partial charge in [0, 0.05) is 13.0 Å². The zero-order valence-electron chi connectivity index (χ0n) is 17.3. The van der Waals surface area contributed by atoms with E-state index in [1.165, 1.54) is 29.7 Å². The Balaban J connectivity index is 1.81. The van der Waals surface area contributed by atoms with E-state index >= 15 is 0 Å². The molecule has 1 fully saturated rings. The zero-order valence-corrected chi connectivity index (χ0v) is 17.3. The lowest BCUT2D eigenvalue weighted by molar-refractivity contribution is 0.00420. The first kappa shape index (κ1) is 20.8. The molecule has 0 aromatic heterocycles. The van der Waals surface area contributed by atoms with Crippen molar-refractivity contribution >= 4 is 0 Å². The molecule has 0 bridgehead atoms. The summed E-state index contributed by atoms with van der Waals surface area (Å²) in [4.78, 5) is 2.15. The maximum atomic E-state index is 13.1. The minimum atomic E-state index is -0.581. The van der Waals surface area contributed by atoms with Crippen LogP contribution < -0.4 is 4.74 Å². The quantitative estimate of drug-likeness (QED) is 0.727. The third kappa shape index (κ3) is 5.33. The van der Waals surface area contributed by atoms with E-state index in [2.05, 4.69) is 32.0 Å². The largest absolute Gasteiger partial charge is 0.489 e. The van der Waals surface area contributed by atoms with E-state index in [1.807, 2.05) is 6.07 Å². The fourth-order valence-electron chi connectivity index (χ4n) is 4.13. The predicted molar refractivity (Wildman–Crippen MR) is 111 cm³/mol. The summed E-state index contributed by atoms with van der Waals surface area (Å²) in [7, 11) is 4.12. The molecule has 1 N–H and O–H groups in total. The Morgan fingerprint density at radius 2 is 1.71 bits per heavy atom. The van der Waals surface area contributed by atoms with Gasteiger partial charge in [-0.3, -0.25) is 0 Å². The van der Waals surface area contributed by atoms with Crippen LogP contribution in [0.15, 0.2) is 36.4 Å². The Morgan fingerprint density at radius 1 is 1.04 bits per heavy atom. The van der Waals surface area contributed by atoms with Gasteiger partial charge in [-0.1, -0.05) is 37.5 Å². The van der Waals surface area contributed by atoms with Crippen LogP contribution in [0.1, 0.15) is 54.4 Å². The van der Waals surface area contributed by atoms with E-state index in [0.717, 1.165) is 49.1 Å². The summed E-state index contributed by atoms with van der Waals surface area (Å²) in [5.74, 6) is 0.610. The van der Waals surface area contributed by atoms with Gasteiger partial charge < -0.3 is 14.7 Å². The van der Waals surface area contributed by atoms with Gasteiger partial charge in [-0.25, -0.2) is 4.39 Å². The number of hydrogen-bond acceptors (Lipinski definition) is 3. The van der Waals surface area contributed by atoms with E-state index in [9.17, 15) is 9.50 Å². The molecular weight excluding hydrogens is 353 g/mol. The van der Waals surface area contributed by atoms with Gasteiger partial charge in [-0.05, 0) is 74.3 Å². The normalized spacial score (nSPS) is 16.4. The first-order chi connectivity index (χ1) is 13.4. The van der Waals surface area contributed by atoms with Gasteiger partial charge in [0.1, 0.15) is 18.2 Å². The molecule has 0 unspecified atom stereocenters. The fraction of sp³-hybridized carbons (Fsp3) is 0.500. The number of halogens is 1. The molecule has 0 amide bonds. The Morgan fingerprint density at radius 3 is 2.36 bits per heavy atom. The van der Waals surface area contributed by atoms with Crippen molar-refractivity contribution in [1.29, 1.82) is 0 Å². The molecule has 1 aliphatic carbocycles. The molecule has 152 valence electrons.